The monoisotopic (exact) mass is 522 g/mol. The number of thioether (sulfide) groups is 1. The number of hydrogen-bond donors (Lipinski definition) is 2. The minimum Gasteiger partial charge on any atom is -0.466 e. The van der Waals surface area contributed by atoms with Gasteiger partial charge in [-0.2, -0.15) is 0 Å². The van der Waals surface area contributed by atoms with Crippen molar-refractivity contribution in [1.82, 2.24) is 10.2 Å². The maximum Gasteiger partial charge on any atom is 0.310 e. The topological polar surface area (TPSA) is 95.9 Å². The van der Waals surface area contributed by atoms with Crippen LogP contribution in [0.3, 0.4) is 0 Å². The van der Waals surface area contributed by atoms with Crippen molar-refractivity contribution in [3.05, 3.63) is 71.8 Å². The molecule has 2 bridgehead atoms. The average Bonchev–Trinajstić information content (AvgIpc) is 3.51. The fraction of sp³-hybridized carbons (Fsp3) is 0.483. The van der Waals surface area contributed by atoms with Crippen LogP contribution in [0.2, 0.25) is 0 Å². The van der Waals surface area contributed by atoms with Crippen molar-refractivity contribution < 1.29 is 24.2 Å². The number of carbonyl (C=O) groups is 3. The third-order valence-electron chi connectivity index (χ3n) is 8.22. The first kappa shape index (κ1) is 25.8. The molecule has 3 aliphatic heterocycles. The highest BCUT2D eigenvalue weighted by Crippen LogP contribution is 2.68. The third-order valence-corrected chi connectivity index (χ3v) is 10.3. The Morgan fingerprint density at radius 1 is 1.14 bits per heavy atom. The van der Waals surface area contributed by atoms with Crippen LogP contribution in [0.25, 0.3) is 0 Å². The summed E-state index contributed by atoms with van der Waals surface area (Å²) in [5.41, 5.74) is 1.93. The number of nitrogens with zero attached hydrogens (tertiary/aromatic N) is 1. The number of nitrogens with one attached hydrogen (secondary N) is 1. The van der Waals surface area contributed by atoms with Crippen LogP contribution in [0.5, 0.6) is 0 Å². The lowest BCUT2D eigenvalue weighted by atomic mass is 9.66. The number of fused-ring (bicyclic) bond motifs is 1. The van der Waals surface area contributed by atoms with E-state index in [2.05, 4.69) is 12.2 Å². The number of ether oxygens (including phenoxy) is 1. The molecule has 1 spiro atoms. The van der Waals surface area contributed by atoms with Gasteiger partial charge in [0.25, 0.3) is 0 Å². The average molecular weight is 523 g/mol. The van der Waals surface area contributed by atoms with Gasteiger partial charge in [0.15, 0.2) is 0 Å². The molecule has 7 nitrogen and oxygen atoms in total. The normalized spacial score (nSPS) is 30.7. The molecule has 2 N–H and O–H groups in total. The second-order valence-electron chi connectivity index (χ2n) is 10.3. The molecule has 8 heteroatoms. The quantitative estimate of drug-likeness (QED) is 0.492. The number of hydrogen-bond acceptors (Lipinski definition) is 6. The van der Waals surface area contributed by atoms with Gasteiger partial charge in [0, 0.05) is 11.8 Å². The van der Waals surface area contributed by atoms with Crippen molar-refractivity contribution in [2.45, 2.75) is 55.3 Å². The molecule has 0 aliphatic carbocycles. The Kier molecular flexibility index (Phi) is 7.32. The van der Waals surface area contributed by atoms with Gasteiger partial charge in [0.05, 0.1) is 35.8 Å². The number of likely N-dealkylation sites (tertiary alicyclic amines) is 1. The molecule has 5 rings (SSSR count). The number of amides is 2. The van der Waals surface area contributed by atoms with Crippen LogP contribution < -0.4 is 5.32 Å². The van der Waals surface area contributed by atoms with Crippen molar-refractivity contribution in [1.29, 1.82) is 0 Å². The van der Waals surface area contributed by atoms with Gasteiger partial charge in [-0.3, -0.25) is 14.4 Å². The highest BCUT2D eigenvalue weighted by atomic mass is 32.2. The summed E-state index contributed by atoms with van der Waals surface area (Å²) in [7, 11) is 0. The Morgan fingerprint density at radius 2 is 1.78 bits per heavy atom. The van der Waals surface area contributed by atoms with E-state index in [0.29, 0.717) is 13.0 Å². The van der Waals surface area contributed by atoms with Gasteiger partial charge >= 0.3 is 5.97 Å². The lowest BCUT2D eigenvalue weighted by molar-refractivity contribution is -0.154. The fourth-order valence-electron chi connectivity index (χ4n) is 6.68. The van der Waals surface area contributed by atoms with E-state index in [0.717, 1.165) is 17.5 Å². The summed E-state index contributed by atoms with van der Waals surface area (Å²) in [4.78, 5) is 42.9. The van der Waals surface area contributed by atoms with Crippen molar-refractivity contribution in [2.75, 3.05) is 13.2 Å². The lowest BCUT2D eigenvalue weighted by Crippen LogP contribution is -2.58. The van der Waals surface area contributed by atoms with Crippen LogP contribution in [-0.4, -0.2) is 63.1 Å². The van der Waals surface area contributed by atoms with Crippen LogP contribution >= 0.6 is 11.8 Å². The molecule has 37 heavy (non-hydrogen) atoms. The van der Waals surface area contributed by atoms with Crippen molar-refractivity contribution in [3.8, 4) is 0 Å². The predicted molar refractivity (Wildman–Crippen MR) is 141 cm³/mol. The summed E-state index contributed by atoms with van der Waals surface area (Å²) in [6.07, 6.45) is 1.16. The van der Waals surface area contributed by atoms with Gasteiger partial charge in [-0.25, -0.2) is 0 Å². The maximum absolute atomic E-state index is 14.2. The zero-order chi connectivity index (χ0) is 26.2. The minimum atomic E-state index is -0.793. The molecule has 0 aromatic heterocycles. The van der Waals surface area contributed by atoms with Gasteiger partial charge in [-0.1, -0.05) is 67.6 Å². The van der Waals surface area contributed by atoms with E-state index in [9.17, 15) is 19.5 Å². The second-order valence-corrected chi connectivity index (χ2v) is 11.8. The number of carbonyl (C=O) groups excluding carboxylic acids is 3. The Balaban J connectivity index is 1.53. The van der Waals surface area contributed by atoms with Crippen molar-refractivity contribution in [3.63, 3.8) is 0 Å². The maximum atomic E-state index is 14.2. The van der Waals surface area contributed by atoms with E-state index in [-0.39, 0.29) is 42.2 Å². The van der Waals surface area contributed by atoms with Crippen LogP contribution in [0.4, 0.5) is 0 Å². The van der Waals surface area contributed by atoms with Crippen molar-refractivity contribution >= 4 is 29.5 Å². The van der Waals surface area contributed by atoms with E-state index >= 15 is 0 Å². The van der Waals surface area contributed by atoms with Crippen molar-refractivity contribution in [2.24, 2.45) is 17.8 Å². The molecule has 0 saturated carbocycles. The largest absolute Gasteiger partial charge is 0.466 e. The summed E-state index contributed by atoms with van der Waals surface area (Å²) in [6.45, 7) is 4.15. The summed E-state index contributed by atoms with van der Waals surface area (Å²) in [5, 5.41) is 13.5. The molecule has 3 aliphatic rings. The van der Waals surface area contributed by atoms with Crippen LogP contribution in [0.15, 0.2) is 60.7 Å². The van der Waals surface area contributed by atoms with Crippen LogP contribution in [0, 0.1) is 17.8 Å². The molecule has 0 radical (unpaired) electrons. The van der Waals surface area contributed by atoms with Gasteiger partial charge in [0.1, 0.15) is 6.04 Å². The Hall–Kier alpha value is -2.84. The zero-order valence-corrected chi connectivity index (χ0v) is 22.0. The molecule has 2 amide bonds. The number of aliphatic hydroxyl groups excluding tert-OH is 1. The summed E-state index contributed by atoms with van der Waals surface area (Å²) in [5.74, 6) is -2.01. The van der Waals surface area contributed by atoms with Gasteiger partial charge < -0.3 is 20.1 Å². The Bertz CT molecular complexity index is 1150. The second kappa shape index (κ2) is 10.5. The van der Waals surface area contributed by atoms with Crippen LogP contribution in [-0.2, 0) is 32.1 Å². The number of aliphatic hydroxyl groups is 1. The number of esters is 1. The SMILES string of the molecule is CCOC(=O)[C@@H]1[C@H]2C(=O)N([C@@H](CO)Cc3ccccc3)C(C(=O)NCc3ccccc3)C23S[C@@H]1CC3C. The van der Waals surface area contributed by atoms with E-state index < -0.39 is 28.7 Å². The van der Waals surface area contributed by atoms with E-state index in [1.165, 1.54) is 0 Å². The lowest BCUT2D eigenvalue weighted by Gasteiger charge is -2.40. The Labute approximate surface area is 222 Å². The summed E-state index contributed by atoms with van der Waals surface area (Å²) < 4.78 is 4.67. The highest BCUT2D eigenvalue weighted by Gasteiger charge is 2.76. The smallest absolute Gasteiger partial charge is 0.310 e. The van der Waals surface area contributed by atoms with E-state index in [1.807, 2.05) is 60.7 Å². The van der Waals surface area contributed by atoms with E-state index in [1.54, 1.807) is 23.6 Å². The molecule has 3 fully saturated rings. The van der Waals surface area contributed by atoms with E-state index in [4.69, 9.17) is 4.74 Å². The number of benzene rings is 2. The molecule has 3 saturated heterocycles. The molecular weight excluding hydrogens is 488 g/mol. The molecule has 2 aromatic carbocycles. The molecular formula is C29H34N2O5S. The Morgan fingerprint density at radius 3 is 2.41 bits per heavy atom. The zero-order valence-electron chi connectivity index (χ0n) is 21.2. The minimum absolute atomic E-state index is 0.0515. The summed E-state index contributed by atoms with van der Waals surface area (Å²) >= 11 is 1.61. The van der Waals surface area contributed by atoms with Crippen LogP contribution in [0.1, 0.15) is 31.4 Å². The standard InChI is InChI=1S/C29H34N2O5S/c1-3-36-28(35)23-22-14-18(2)29(37-22)24(23)27(34)31(21(17-32)15-19-10-6-4-7-11-19)25(29)26(33)30-16-20-12-8-5-9-13-20/h4-13,18,21-25,32H,3,14-17H2,1-2H3,(H,30,33)/t18?,21-,22-,23+,24+,25?,29?/m1/s1. The first-order valence-corrected chi connectivity index (χ1v) is 13.9. The molecule has 3 unspecified atom stereocenters. The predicted octanol–water partition coefficient (Wildman–Crippen LogP) is 2.81. The van der Waals surface area contributed by atoms with Gasteiger partial charge in [-0.05, 0) is 36.8 Å². The fourth-order valence-corrected chi connectivity index (χ4v) is 9.07. The van der Waals surface area contributed by atoms with Gasteiger partial charge in [-0.15, -0.1) is 11.8 Å². The summed E-state index contributed by atoms with van der Waals surface area (Å²) in [6, 6.07) is 17.9. The van der Waals surface area contributed by atoms with Gasteiger partial charge in [0.2, 0.25) is 11.8 Å². The molecule has 196 valence electrons. The highest BCUT2D eigenvalue weighted by molar-refractivity contribution is 8.02. The first-order valence-electron chi connectivity index (χ1n) is 13.0. The first-order chi connectivity index (χ1) is 17.9. The molecule has 7 atom stereocenters. The third kappa shape index (κ3) is 4.34. The molecule has 2 aromatic rings. The molecule has 3 heterocycles. The number of rotatable bonds is 9.